The molecule has 0 atom stereocenters. The summed E-state index contributed by atoms with van der Waals surface area (Å²) in [5.41, 5.74) is 7.47. The van der Waals surface area contributed by atoms with Gasteiger partial charge in [0.05, 0.1) is 15.4 Å². The molecule has 1 aliphatic rings. The molecule has 0 spiro atoms. The van der Waals surface area contributed by atoms with Crippen LogP contribution in [0, 0.1) is 6.92 Å². The molecule has 24 heavy (non-hydrogen) atoms. The van der Waals surface area contributed by atoms with Crippen molar-refractivity contribution >= 4 is 28.0 Å². The molecule has 1 amide bonds. The van der Waals surface area contributed by atoms with Crippen LogP contribution in [0.3, 0.4) is 0 Å². The number of anilines is 1. The van der Waals surface area contributed by atoms with Crippen molar-refractivity contribution in [3.8, 4) is 11.5 Å². The van der Waals surface area contributed by atoms with Gasteiger partial charge in [-0.1, -0.05) is 0 Å². The highest BCUT2D eigenvalue weighted by Crippen LogP contribution is 2.35. The smallest absolute Gasteiger partial charge is 0.263 e. The largest absolute Gasteiger partial charge is 0.486 e. The predicted molar refractivity (Wildman–Crippen MR) is 92.4 cm³/mol. The fourth-order valence-electron chi connectivity index (χ4n) is 2.55. The summed E-state index contributed by atoms with van der Waals surface area (Å²) in [5.74, 6) is 0.779. The average molecular weight is 346 g/mol. The van der Waals surface area contributed by atoms with Crippen LogP contribution in [0.1, 0.15) is 31.2 Å². The number of fused-ring (bicyclic) bond motifs is 1. The molecule has 0 radical (unpaired) electrons. The summed E-state index contributed by atoms with van der Waals surface area (Å²) in [6.45, 7) is 2.69. The lowest BCUT2D eigenvalue weighted by atomic mass is 10.00. The summed E-state index contributed by atoms with van der Waals surface area (Å²) in [6.07, 6.45) is 0. The lowest BCUT2D eigenvalue weighted by Crippen LogP contribution is -2.21. The monoisotopic (exact) mass is 346 g/mol. The zero-order valence-electron chi connectivity index (χ0n) is 13.7. The third kappa shape index (κ3) is 2.71. The first kappa shape index (κ1) is 16.3. The summed E-state index contributed by atoms with van der Waals surface area (Å²) in [6, 6.07) is 5.05. The van der Waals surface area contributed by atoms with Crippen molar-refractivity contribution in [2.45, 2.75) is 6.92 Å². The molecule has 3 rings (SSSR count). The molecule has 0 unspecified atom stereocenters. The maximum Gasteiger partial charge on any atom is 0.263 e. The van der Waals surface area contributed by atoms with Gasteiger partial charge < -0.3 is 20.1 Å². The van der Waals surface area contributed by atoms with Crippen LogP contribution in [0.2, 0.25) is 0 Å². The second-order valence-electron chi connectivity index (χ2n) is 5.68. The number of thiophene rings is 1. The number of amides is 1. The van der Waals surface area contributed by atoms with E-state index in [1.807, 2.05) is 0 Å². The maximum absolute atomic E-state index is 12.9. The second kappa shape index (κ2) is 6.16. The highest BCUT2D eigenvalue weighted by Gasteiger charge is 2.25. The van der Waals surface area contributed by atoms with Gasteiger partial charge in [-0.2, -0.15) is 0 Å². The Hall–Kier alpha value is -2.54. The summed E-state index contributed by atoms with van der Waals surface area (Å²) in [4.78, 5) is 27.1. The van der Waals surface area contributed by atoms with Crippen molar-refractivity contribution < 1.29 is 19.1 Å². The van der Waals surface area contributed by atoms with Gasteiger partial charge in [-0.3, -0.25) is 9.59 Å². The van der Waals surface area contributed by atoms with Crippen LogP contribution in [-0.2, 0) is 0 Å². The zero-order valence-corrected chi connectivity index (χ0v) is 14.5. The van der Waals surface area contributed by atoms with Gasteiger partial charge in [-0.15, -0.1) is 11.3 Å². The molecule has 0 aliphatic carbocycles. The fraction of sp³-hybridized carbons (Fsp3) is 0.294. The number of rotatable bonds is 3. The van der Waals surface area contributed by atoms with Gasteiger partial charge in [0.1, 0.15) is 13.2 Å². The number of ketones is 1. The van der Waals surface area contributed by atoms with Gasteiger partial charge in [0.25, 0.3) is 5.91 Å². The molecule has 1 aromatic carbocycles. The first-order chi connectivity index (χ1) is 11.4. The molecular weight excluding hydrogens is 328 g/mol. The number of ether oxygens (including phenoxy) is 2. The normalized spacial score (nSPS) is 12.8. The molecule has 0 bridgehead atoms. The molecular formula is C17H18N2O4S. The minimum Gasteiger partial charge on any atom is -0.486 e. The van der Waals surface area contributed by atoms with Crippen LogP contribution in [0.25, 0.3) is 0 Å². The molecule has 1 aliphatic heterocycles. The number of benzene rings is 1. The predicted octanol–water partition coefficient (Wildman–Crippen LogP) is 2.34. The Kier molecular flexibility index (Phi) is 4.19. The van der Waals surface area contributed by atoms with E-state index in [4.69, 9.17) is 15.2 Å². The Bertz CT molecular complexity index is 826. The van der Waals surface area contributed by atoms with Gasteiger partial charge >= 0.3 is 0 Å². The van der Waals surface area contributed by atoms with Gasteiger partial charge in [-0.05, 0) is 30.7 Å². The van der Waals surface area contributed by atoms with Crippen molar-refractivity contribution in [2.75, 3.05) is 33.0 Å². The van der Waals surface area contributed by atoms with Crippen LogP contribution in [-0.4, -0.2) is 43.9 Å². The third-order valence-corrected chi connectivity index (χ3v) is 4.91. The van der Waals surface area contributed by atoms with E-state index in [9.17, 15) is 9.59 Å². The average Bonchev–Trinajstić information content (AvgIpc) is 2.87. The summed E-state index contributed by atoms with van der Waals surface area (Å²) in [7, 11) is 3.33. The van der Waals surface area contributed by atoms with E-state index in [1.165, 1.54) is 4.90 Å². The second-order valence-corrected chi connectivity index (χ2v) is 6.73. The minimum absolute atomic E-state index is 0.162. The van der Waals surface area contributed by atoms with E-state index in [2.05, 4.69) is 0 Å². The van der Waals surface area contributed by atoms with E-state index in [-0.39, 0.29) is 11.7 Å². The summed E-state index contributed by atoms with van der Waals surface area (Å²) in [5, 5.41) is 0.345. The molecule has 7 heteroatoms. The summed E-state index contributed by atoms with van der Waals surface area (Å²) < 4.78 is 11.0. The maximum atomic E-state index is 12.9. The van der Waals surface area contributed by atoms with Gasteiger partial charge in [0.15, 0.2) is 17.3 Å². The minimum atomic E-state index is -0.226. The van der Waals surface area contributed by atoms with E-state index >= 15 is 0 Å². The number of carbonyl (C=O) groups is 2. The highest BCUT2D eigenvalue weighted by molar-refractivity contribution is 7.18. The molecule has 0 fully saturated rings. The Balaban J connectivity index is 2.00. The van der Waals surface area contributed by atoms with Crippen molar-refractivity contribution in [3.05, 3.63) is 39.8 Å². The number of nitrogens with two attached hydrogens (primary N) is 1. The number of nitrogens with zero attached hydrogens (tertiary/aromatic N) is 1. The number of hydrogen-bond acceptors (Lipinski definition) is 6. The van der Waals surface area contributed by atoms with E-state index < -0.39 is 0 Å². The quantitative estimate of drug-likeness (QED) is 0.863. The lowest BCUT2D eigenvalue weighted by Gasteiger charge is -2.18. The van der Waals surface area contributed by atoms with Gasteiger partial charge in [-0.25, -0.2) is 0 Å². The van der Waals surface area contributed by atoms with Crippen molar-refractivity contribution in [1.29, 1.82) is 0 Å². The van der Waals surface area contributed by atoms with Crippen LogP contribution in [0.5, 0.6) is 11.5 Å². The first-order valence-corrected chi connectivity index (χ1v) is 8.26. The SMILES string of the molecule is Cc1c(C(=O)N(C)C)sc(N)c1C(=O)c1ccc2c(c1)OCCO2. The molecule has 0 saturated heterocycles. The molecule has 2 heterocycles. The van der Waals surface area contributed by atoms with Crippen molar-refractivity contribution in [2.24, 2.45) is 0 Å². The fourth-order valence-corrected chi connectivity index (χ4v) is 3.65. The van der Waals surface area contributed by atoms with Gasteiger partial charge in [0, 0.05) is 19.7 Å². The number of carbonyl (C=O) groups excluding carboxylic acids is 2. The van der Waals surface area contributed by atoms with Crippen molar-refractivity contribution in [3.63, 3.8) is 0 Å². The number of nitrogen functional groups attached to an aromatic ring is 1. The lowest BCUT2D eigenvalue weighted by molar-refractivity contribution is 0.0831. The van der Waals surface area contributed by atoms with Crippen molar-refractivity contribution in [1.82, 2.24) is 4.90 Å². The highest BCUT2D eigenvalue weighted by atomic mass is 32.1. The Morgan fingerprint density at radius 2 is 1.83 bits per heavy atom. The molecule has 2 aromatic rings. The summed E-state index contributed by atoms with van der Waals surface area (Å²) >= 11 is 1.14. The standard InChI is InChI=1S/C17H18N2O4S/c1-9-13(16(18)24-15(9)17(21)19(2)3)14(20)10-4-5-11-12(8-10)23-7-6-22-11/h4-5,8H,6-7,18H2,1-3H3. The van der Waals surface area contributed by atoms with E-state index in [1.54, 1.807) is 39.2 Å². The van der Waals surface area contributed by atoms with E-state index in [0.29, 0.717) is 51.3 Å². The Morgan fingerprint density at radius 3 is 2.50 bits per heavy atom. The first-order valence-electron chi connectivity index (χ1n) is 7.45. The third-order valence-electron chi connectivity index (χ3n) is 3.81. The van der Waals surface area contributed by atoms with E-state index in [0.717, 1.165) is 11.3 Å². The Morgan fingerprint density at radius 1 is 1.17 bits per heavy atom. The molecule has 6 nitrogen and oxygen atoms in total. The van der Waals surface area contributed by atoms with Gasteiger partial charge in [0.2, 0.25) is 0 Å². The molecule has 0 saturated carbocycles. The number of hydrogen-bond donors (Lipinski definition) is 1. The van der Waals surface area contributed by atoms with Crippen LogP contribution in [0.15, 0.2) is 18.2 Å². The Labute approximate surface area is 143 Å². The van der Waals surface area contributed by atoms with Crippen LogP contribution >= 0.6 is 11.3 Å². The zero-order chi connectivity index (χ0) is 17.4. The molecule has 1 aromatic heterocycles. The van der Waals surface area contributed by atoms with Crippen LogP contribution in [0.4, 0.5) is 5.00 Å². The molecule has 126 valence electrons. The molecule has 2 N–H and O–H groups in total. The van der Waals surface area contributed by atoms with Crippen LogP contribution < -0.4 is 15.2 Å². The topological polar surface area (TPSA) is 81.9 Å².